The van der Waals surface area contributed by atoms with Gasteiger partial charge in [-0.3, -0.25) is 0 Å². The molecule has 0 saturated heterocycles. The van der Waals surface area contributed by atoms with Crippen LogP contribution in [0.2, 0.25) is 0 Å². The van der Waals surface area contributed by atoms with Gasteiger partial charge in [-0.1, -0.05) is 39.7 Å². The lowest BCUT2D eigenvalue weighted by atomic mass is 10.0. The molecule has 1 aromatic heterocycles. The van der Waals surface area contributed by atoms with E-state index in [2.05, 4.69) is 45.3 Å². The van der Waals surface area contributed by atoms with Crippen molar-refractivity contribution in [1.29, 1.82) is 0 Å². The summed E-state index contributed by atoms with van der Waals surface area (Å²) in [7, 11) is 0. The fraction of sp³-hybridized carbons (Fsp3) is 0.435. The van der Waals surface area contributed by atoms with Gasteiger partial charge in [-0.05, 0) is 82.3 Å². The maximum Gasteiger partial charge on any atom is 0.338 e. The molecule has 0 aliphatic rings. The van der Waals surface area contributed by atoms with Gasteiger partial charge in [0, 0.05) is 11.0 Å². The molecule has 3 aromatic rings. The number of hydrogen-bond donors (Lipinski definition) is 0. The van der Waals surface area contributed by atoms with Gasteiger partial charge in [0.2, 0.25) is 0 Å². The Bertz CT molecular complexity index is 988. The number of aromatic nitrogens is 3. The molecule has 0 bridgehead atoms. The average Bonchev–Trinajstić information content (AvgIpc) is 3.07. The molecule has 3 rings (SSSR count). The third-order valence-electron chi connectivity index (χ3n) is 4.80. The number of hydrogen-bond acceptors (Lipinski definition) is 4. The molecule has 1 heterocycles. The van der Waals surface area contributed by atoms with Crippen LogP contribution >= 0.6 is 15.9 Å². The van der Waals surface area contributed by atoms with E-state index in [4.69, 9.17) is 4.74 Å². The normalized spacial score (nSPS) is 11.8. The van der Waals surface area contributed by atoms with Crippen molar-refractivity contribution in [3.8, 4) is 0 Å². The molecule has 0 fully saturated rings. The zero-order chi connectivity index (χ0) is 21.0. The van der Waals surface area contributed by atoms with Gasteiger partial charge >= 0.3 is 5.97 Å². The Labute approximate surface area is 180 Å². The number of unbranched alkanes of at least 4 members (excludes halogenated alkanes) is 2. The van der Waals surface area contributed by atoms with Crippen LogP contribution in [0.4, 0.5) is 0 Å². The predicted octanol–water partition coefficient (Wildman–Crippen LogP) is 5.87. The molecule has 6 heteroatoms. The fourth-order valence-corrected chi connectivity index (χ4v) is 3.54. The van der Waals surface area contributed by atoms with Gasteiger partial charge in [-0.25, -0.2) is 9.48 Å². The molecule has 2 aromatic carbocycles. The second kappa shape index (κ2) is 9.08. The van der Waals surface area contributed by atoms with E-state index >= 15 is 0 Å². The number of rotatable bonds is 7. The van der Waals surface area contributed by atoms with Crippen LogP contribution in [0.5, 0.6) is 0 Å². The zero-order valence-electron chi connectivity index (χ0n) is 17.5. The predicted molar refractivity (Wildman–Crippen MR) is 119 cm³/mol. The number of fused-ring (bicyclic) bond motifs is 1. The van der Waals surface area contributed by atoms with E-state index in [-0.39, 0.29) is 5.97 Å². The van der Waals surface area contributed by atoms with E-state index in [1.165, 1.54) is 5.56 Å². The molecule has 0 amide bonds. The number of carbonyl (C=O) groups excluding carboxylic acids is 1. The average molecular weight is 458 g/mol. The number of ether oxygens (including phenoxy) is 1. The number of aryl methyl sites for hydroxylation is 3. The number of halogens is 1. The summed E-state index contributed by atoms with van der Waals surface area (Å²) in [5, 5.41) is 8.62. The van der Waals surface area contributed by atoms with Crippen molar-refractivity contribution >= 4 is 32.9 Å². The first kappa shape index (κ1) is 21.5. The molecular weight excluding hydrogens is 430 g/mol. The van der Waals surface area contributed by atoms with E-state index in [1.807, 2.05) is 49.7 Å². The third kappa shape index (κ3) is 5.66. The molecule has 0 saturated carbocycles. The molecule has 154 valence electrons. The highest BCUT2D eigenvalue weighted by atomic mass is 79.9. The Morgan fingerprint density at radius 2 is 1.79 bits per heavy atom. The Morgan fingerprint density at radius 1 is 1.07 bits per heavy atom. The number of nitrogens with zero attached hydrogens (tertiary/aromatic N) is 3. The minimum Gasteiger partial charge on any atom is -0.456 e. The summed E-state index contributed by atoms with van der Waals surface area (Å²) in [6.07, 6.45) is 4.27. The summed E-state index contributed by atoms with van der Waals surface area (Å²) in [6, 6.07) is 11.9. The van der Waals surface area contributed by atoms with Crippen LogP contribution in [-0.2, 0) is 17.7 Å². The van der Waals surface area contributed by atoms with E-state index in [9.17, 15) is 4.79 Å². The standard InChI is InChI=1S/C23H28BrN3O2/c1-16-19(24)13-14-20-21(16)25-26-27(20)15-7-5-6-8-17-9-11-18(12-10-17)22(28)29-23(2,3)4/h9-14H,5-8,15H2,1-4H3. The van der Waals surface area contributed by atoms with Crippen LogP contribution in [-0.4, -0.2) is 26.6 Å². The van der Waals surface area contributed by atoms with E-state index in [1.54, 1.807) is 0 Å². The quantitative estimate of drug-likeness (QED) is 0.328. The number of benzene rings is 2. The van der Waals surface area contributed by atoms with Gasteiger partial charge < -0.3 is 4.74 Å². The van der Waals surface area contributed by atoms with Crippen LogP contribution in [0, 0.1) is 6.92 Å². The molecule has 0 aliphatic carbocycles. The highest BCUT2D eigenvalue weighted by molar-refractivity contribution is 9.10. The van der Waals surface area contributed by atoms with E-state index in [0.717, 1.165) is 53.3 Å². The van der Waals surface area contributed by atoms with Crippen molar-refractivity contribution < 1.29 is 9.53 Å². The number of carbonyl (C=O) groups is 1. The first-order chi connectivity index (χ1) is 13.7. The zero-order valence-corrected chi connectivity index (χ0v) is 19.1. The molecule has 0 aliphatic heterocycles. The summed E-state index contributed by atoms with van der Waals surface area (Å²) < 4.78 is 8.46. The monoisotopic (exact) mass is 457 g/mol. The van der Waals surface area contributed by atoms with Crippen LogP contribution in [0.15, 0.2) is 40.9 Å². The Kier molecular flexibility index (Phi) is 6.73. The number of esters is 1. The van der Waals surface area contributed by atoms with Crippen molar-refractivity contribution in [3.05, 3.63) is 57.6 Å². The van der Waals surface area contributed by atoms with Gasteiger partial charge in [0.15, 0.2) is 0 Å². The first-order valence-corrected chi connectivity index (χ1v) is 10.8. The van der Waals surface area contributed by atoms with E-state index < -0.39 is 5.60 Å². The maximum absolute atomic E-state index is 12.1. The van der Waals surface area contributed by atoms with Crippen LogP contribution in [0.3, 0.4) is 0 Å². The maximum atomic E-state index is 12.1. The summed E-state index contributed by atoms with van der Waals surface area (Å²) in [6.45, 7) is 8.55. The molecule has 29 heavy (non-hydrogen) atoms. The Morgan fingerprint density at radius 3 is 2.48 bits per heavy atom. The summed E-state index contributed by atoms with van der Waals surface area (Å²) in [5.74, 6) is -0.272. The molecule has 0 atom stereocenters. The summed E-state index contributed by atoms with van der Waals surface area (Å²) in [4.78, 5) is 12.1. The molecule has 0 unspecified atom stereocenters. The second-order valence-electron chi connectivity index (χ2n) is 8.36. The van der Waals surface area contributed by atoms with Crippen molar-refractivity contribution in [2.75, 3.05) is 0 Å². The third-order valence-corrected chi connectivity index (χ3v) is 5.66. The smallest absolute Gasteiger partial charge is 0.338 e. The van der Waals surface area contributed by atoms with Crippen molar-refractivity contribution in [1.82, 2.24) is 15.0 Å². The summed E-state index contributed by atoms with van der Waals surface area (Å²) in [5.41, 5.74) is 4.55. The summed E-state index contributed by atoms with van der Waals surface area (Å²) >= 11 is 3.54. The first-order valence-electron chi connectivity index (χ1n) is 10.1. The second-order valence-corrected chi connectivity index (χ2v) is 9.22. The van der Waals surface area contributed by atoms with Gasteiger partial charge in [0.05, 0.1) is 11.1 Å². The highest BCUT2D eigenvalue weighted by Gasteiger charge is 2.17. The molecule has 0 spiro atoms. The molecular formula is C23H28BrN3O2. The molecule has 0 radical (unpaired) electrons. The SMILES string of the molecule is Cc1c(Br)ccc2c1nnn2CCCCCc1ccc(C(=O)OC(C)(C)C)cc1. The lowest BCUT2D eigenvalue weighted by Gasteiger charge is -2.19. The molecule has 0 N–H and O–H groups in total. The molecule has 5 nitrogen and oxygen atoms in total. The minimum absolute atomic E-state index is 0.272. The lowest BCUT2D eigenvalue weighted by molar-refractivity contribution is 0.00695. The van der Waals surface area contributed by atoms with Gasteiger partial charge in [0.25, 0.3) is 0 Å². The van der Waals surface area contributed by atoms with Gasteiger partial charge in [0.1, 0.15) is 11.1 Å². The topological polar surface area (TPSA) is 57.0 Å². The van der Waals surface area contributed by atoms with Gasteiger partial charge in [-0.2, -0.15) is 0 Å². The highest BCUT2D eigenvalue weighted by Crippen LogP contribution is 2.24. The minimum atomic E-state index is -0.472. The van der Waals surface area contributed by atoms with Crippen LogP contribution < -0.4 is 0 Å². The van der Waals surface area contributed by atoms with Crippen molar-refractivity contribution in [2.45, 2.75) is 65.5 Å². The fourth-order valence-electron chi connectivity index (χ4n) is 3.22. The van der Waals surface area contributed by atoms with Crippen LogP contribution in [0.25, 0.3) is 11.0 Å². The lowest BCUT2D eigenvalue weighted by Crippen LogP contribution is -2.23. The van der Waals surface area contributed by atoms with Gasteiger partial charge in [-0.15, -0.1) is 5.10 Å². The Balaban J connectivity index is 1.45. The Hall–Kier alpha value is -2.21. The van der Waals surface area contributed by atoms with Crippen molar-refractivity contribution in [2.24, 2.45) is 0 Å². The largest absolute Gasteiger partial charge is 0.456 e. The van der Waals surface area contributed by atoms with E-state index in [0.29, 0.717) is 5.56 Å². The van der Waals surface area contributed by atoms with Crippen LogP contribution in [0.1, 0.15) is 61.5 Å². The van der Waals surface area contributed by atoms with Crippen molar-refractivity contribution in [3.63, 3.8) is 0 Å².